The predicted octanol–water partition coefficient (Wildman–Crippen LogP) is 7.39. The van der Waals surface area contributed by atoms with Crippen LogP contribution in [-0.4, -0.2) is 32.9 Å². The van der Waals surface area contributed by atoms with E-state index in [4.69, 9.17) is 11.6 Å². The van der Waals surface area contributed by atoms with Crippen molar-refractivity contribution in [2.75, 3.05) is 10.6 Å². The van der Waals surface area contributed by atoms with Crippen molar-refractivity contribution in [3.05, 3.63) is 131 Å². The van der Waals surface area contributed by atoms with Gasteiger partial charge in [-0.1, -0.05) is 54.1 Å². The monoisotopic (exact) mass is 639 g/mol. The molecule has 5 rings (SSSR count). The number of benzene rings is 3. The third kappa shape index (κ3) is 8.19. The Labute approximate surface area is 267 Å². The summed E-state index contributed by atoms with van der Waals surface area (Å²) < 4.78 is 0. The highest BCUT2D eigenvalue weighted by atomic mass is 35.5. The smallest absolute Gasteiger partial charge is 0.272 e. The lowest BCUT2D eigenvalue weighted by molar-refractivity contribution is -0.115. The van der Waals surface area contributed by atoms with Crippen LogP contribution in [0.15, 0.2) is 119 Å². The Hall–Kier alpha value is -4.77. The number of carbonyl (C=O) groups excluding carboxylic acids is 3. The standard InChI is InChI=1S/C33H26ClN5O3S2/c1-21(30(40)39-33-38-29(20-43-33)26-11-5-6-12-27(26)34)44-25-15-13-24(14-16-25)36-32(42)28(18-22-8-7-17-35-19-22)37-31(41)23-9-3-2-4-10-23/h2-21H,1H3,(H,36,42)(H,37,41)(H,38,39,40)/b28-18-. The molecule has 8 nitrogen and oxygen atoms in total. The lowest BCUT2D eigenvalue weighted by atomic mass is 10.2. The minimum Gasteiger partial charge on any atom is -0.321 e. The molecule has 0 aliphatic carbocycles. The average molecular weight is 640 g/mol. The van der Waals surface area contributed by atoms with E-state index < -0.39 is 17.1 Å². The quantitative estimate of drug-likeness (QED) is 0.108. The van der Waals surface area contributed by atoms with Crippen LogP contribution >= 0.6 is 34.7 Å². The Kier molecular flexibility index (Phi) is 10.2. The zero-order chi connectivity index (χ0) is 30.9. The van der Waals surface area contributed by atoms with Crippen molar-refractivity contribution in [1.82, 2.24) is 15.3 Å². The molecule has 0 saturated heterocycles. The molecular formula is C33H26ClN5O3S2. The number of pyridine rings is 1. The Morgan fingerprint density at radius 3 is 2.39 bits per heavy atom. The normalized spacial score (nSPS) is 11.8. The summed E-state index contributed by atoms with van der Waals surface area (Å²) in [6, 6.07) is 26.7. The first-order valence-corrected chi connectivity index (χ1v) is 15.6. The number of hydrogen-bond donors (Lipinski definition) is 3. The maximum atomic E-state index is 13.2. The second-order valence-electron chi connectivity index (χ2n) is 9.41. The molecule has 5 aromatic rings. The first kappa shape index (κ1) is 30.7. The van der Waals surface area contributed by atoms with Gasteiger partial charge in [0.1, 0.15) is 5.70 Å². The molecule has 1 atom stereocenters. The van der Waals surface area contributed by atoms with Crippen molar-refractivity contribution in [2.24, 2.45) is 0 Å². The summed E-state index contributed by atoms with van der Waals surface area (Å²) in [5.41, 5.74) is 3.18. The minimum atomic E-state index is -0.495. The number of thioether (sulfide) groups is 1. The molecule has 44 heavy (non-hydrogen) atoms. The molecule has 11 heteroatoms. The van der Waals surface area contributed by atoms with E-state index in [-0.39, 0.29) is 11.6 Å². The van der Waals surface area contributed by atoms with Gasteiger partial charge < -0.3 is 16.0 Å². The fraction of sp³-hybridized carbons (Fsp3) is 0.0606. The molecule has 3 N–H and O–H groups in total. The van der Waals surface area contributed by atoms with Gasteiger partial charge in [-0.3, -0.25) is 19.4 Å². The fourth-order valence-corrected chi connectivity index (χ4v) is 5.79. The number of aromatic nitrogens is 2. The number of rotatable bonds is 10. The number of anilines is 2. The molecule has 0 aliphatic rings. The minimum absolute atomic E-state index is 0.0653. The Morgan fingerprint density at radius 1 is 0.909 bits per heavy atom. The molecule has 2 aromatic heterocycles. The maximum Gasteiger partial charge on any atom is 0.272 e. The first-order valence-electron chi connectivity index (χ1n) is 13.4. The lowest BCUT2D eigenvalue weighted by Gasteiger charge is -2.13. The Bertz CT molecular complexity index is 1800. The number of halogens is 1. The summed E-state index contributed by atoms with van der Waals surface area (Å²) in [5.74, 6) is -1.09. The van der Waals surface area contributed by atoms with Crippen LogP contribution in [0.3, 0.4) is 0 Å². The van der Waals surface area contributed by atoms with Gasteiger partial charge in [0.2, 0.25) is 5.91 Å². The second kappa shape index (κ2) is 14.6. The summed E-state index contributed by atoms with van der Waals surface area (Å²) >= 11 is 8.98. The van der Waals surface area contributed by atoms with Crippen molar-refractivity contribution in [1.29, 1.82) is 0 Å². The first-order chi connectivity index (χ1) is 21.4. The Morgan fingerprint density at radius 2 is 1.66 bits per heavy atom. The van der Waals surface area contributed by atoms with E-state index in [1.165, 1.54) is 23.1 Å². The summed E-state index contributed by atoms with van der Waals surface area (Å²) in [6.07, 6.45) is 4.78. The maximum absolute atomic E-state index is 13.2. The molecule has 0 bridgehead atoms. The van der Waals surface area contributed by atoms with Crippen LogP contribution in [0.25, 0.3) is 17.3 Å². The van der Waals surface area contributed by atoms with Crippen LogP contribution in [-0.2, 0) is 9.59 Å². The third-order valence-electron chi connectivity index (χ3n) is 6.20. The van der Waals surface area contributed by atoms with Crippen LogP contribution in [0.1, 0.15) is 22.8 Å². The van der Waals surface area contributed by atoms with Crippen molar-refractivity contribution < 1.29 is 14.4 Å². The fourth-order valence-electron chi connectivity index (χ4n) is 3.97. The number of carbonyl (C=O) groups is 3. The zero-order valence-electron chi connectivity index (χ0n) is 23.4. The van der Waals surface area contributed by atoms with Crippen LogP contribution in [0.2, 0.25) is 5.02 Å². The molecule has 2 heterocycles. The molecule has 220 valence electrons. The van der Waals surface area contributed by atoms with Crippen LogP contribution in [0.4, 0.5) is 10.8 Å². The summed E-state index contributed by atoms with van der Waals surface area (Å²) in [7, 11) is 0. The molecule has 1 unspecified atom stereocenters. The summed E-state index contributed by atoms with van der Waals surface area (Å²) in [4.78, 5) is 48.3. The van der Waals surface area contributed by atoms with Gasteiger partial charge in [-0.2, -0.15) is 0 Å². The number of hydrogen-bond acceptors (Lipinski definition) is 7. The Balaban J connectivity index is 1.20. The van der Waals surface area contributed by atoms with E-state index >= 15 is 0 Å². The number of nitrogens with zero attached hydrogens (tertiary/aromatic N) is 2. The molecule has 3 aromatic carbocycles. The van der Waals surface area contributed by atoms with E-state index in [0.29, 0.717) is 32.7 Å². The van der Waals surface area contributed by atoms with Crippen LogP contribution < -0.4 is 16.0 Å². The molecule has 3 amide bonds. The average Bonchev–Trinajstić information content (AvgIpc) is 3.50. The van der Waals surface area contributed by atoms with Gasteiger partial charge in [0, 0.05) is 44.5 Å². The van der Waals surface area contributed by atoms with E-state index in [9.17, 15) is 14.4 Å². The topological polar surface area (TPSA) is 113 Å². The summed E-state index contributed by atoms with van der Waals surface area (Å²) in [6.45, 7) is 1.81. The third-order valence-corrected chi connectivity index (χ3v) is 8.40. The SMILES string of the molecule is CC(Sc1ccc(NC(=O)/C(=C/c2cccnc2)NC(=O)c2ccccc2)cc1)C(=O)Nc1nc(-c2ccccc2Cl)cs1. The van der Waals surface area contributed by atoms with Gasteiger partial charge in [0.05, 0.1) is 10.9 Å². The highest BCUT2D eigenvalue weighted by Crippen LogP contribution is 2.31. The van der Waals surface area contributed by atoms with E-state index in [1.54, 1.807) is 73.1 Å². The van der Waals surface area contributed by atoms with Crippen LogP contribution in [0, 0.1) is 0 Å². The second-order valence-corrected chi connectivity index (χ2v) is 12.1. The molecule has 0 aliphatic heterocycles. The largest absolute Gasteiger partial charge is 0.321 e. The molecule has 0 radical (unpaired) electrons. The highest BCUT2D eigenvalue weighted by molar-refractivity contribution is 8.00. The van der Waals surface area contributed by atoms with Crippen molar-refractivity contribution in [3.63, 3.8) is 0 Å². The van der Waals surface area contributed by atoms with Crippen LogP contribution in [0.5, 0.6) is 0 Å². The van der Waals surface area contributed by atoms with E-state index in [0.717, 1.165) is 10.5 Å². The summed E-state index contributed by atoms with van der Waals surface area (Å²) in [5, 5.41) is 10.9. The molecule has 0 saturated carbocycles. The predicted molar refractivity (Wildman–Crippen MR) is 178 cm³/mol. The number of nitrogens with one attached hydrogen (secondary N) is 3. The number of thiazole rings is 1. The van der Waals surface area contributed by atoms with Gasteiger partial charge in [0.15, 0.2) is 5.13 Å². The molecular weight excluding hydrogens is 614 g/mol. The van der Waals surface area contributed by atoms with Crippen molar-refractivity contribution in [2.45, 2.75) is 17.1 Å². The van der Waals surface area contributed by atoms with Crippen molar-refractivity contribution >= 4 is 69.3 Å². The van der Waals surface area contributed by atoms with Gasteiger partial charge in [-0.05, 0) is 67.1 Å². The van der Waals surface area contributed by atoms with Gasteiger partial charge >= 0.3 is 0 Å². The van der Waals surface area contributed by atoms with E-state index in [2.05, 4.69) is 25.9 Å². The van der Waals surface area contributed by atoms with Crippen molar-refractivity contribution in [3.8, 4) is 11.3 Å². The van der Waals surface area contributed by atoms with Gasteiger partial charge in [-0.15, -0.1) is 23.1 Å². The highest BCUT2D eigenvalue weighted by Gasteiger charge is 2.18. The zero-order valence-corrected chi connectivity index (χ0v) is 25.7. The number of amides is 3. The van der Waals surface area contributed by atoms with E-state index in [1.807, 2.05) is 48.7 Å². The molecule has 0 fully saturated rings. The van der Waals surface area contributed by atoms with Gasteiger partial charge in [-0.25, -0.2) is 4.98 Å². The van der Waals surface area contributed by atoms with Gasteiger partial charge in [0.25, 0.3) is 11.8 Å². The lowest BCUT2D eigenvalue weighted by Crippen LogP contribution is -2.30. The molecule has 0 spiro atoms.